The molecule has 0 unspecified atom stereocenters. The van der Waals surface area contributed by atoms with Crippen LogP contribution < -0.4 is 0 Å². The molecule has 0 aliphatic rings. The van der Waals surface area contributed by atoms with Crippen molar-refractivity contribution in [2.75, 3.05) is 0 Å². The van der Waals surface area contributed by atoms with Gasteiger partial charge in [0.1, 0.15) is 0 Å². The predicted octanol–water partition coefficient (Wildman–Crippen LogP) is 12.9. The molecule has 0 atom stereocenters. The lowest BCUT2D eigenvalue weighted by Gasteiger charge is -2.15. The molecule has 54 heavy (non-hydrogen) atoms. The van der Waals surface area contributed by atoms with E-state index in [-0.39, 0.29) is 0 Å². The normalized spacial score (nSPS) is 11.7. The van der Waals surface area contributed by atoms with Gasteiger partial charge in [-0.15, -0.1) is 0 Å². The van der Waals surface area contributed by atoms with E-state index in [4.69, 9.17) is 19.9 Å². The summed E-state index contributed by atoms with van der Waals surface area (Å²) in [5.41, 5.74) is 7.21. The first kappa shape index (κ1) is 30.3. The third-order valence-corrected chi connectivity index (χ3v) is 10.6. The fourth-order valence-electron chi connectivity index (χ4n) is 8.03. The Bertz CT molecular complexity index is 3180. The second kappa shape index (κ2) is 12.1. The van der Waals surface area contributed by atoms with Crippen LogP contribution >= 0.6 is 0 Å². The molecule has 0 aliphatic heterocycles. The number of hydrogen-bond donors (Lipinski definition) is 0. The molecule has 2 heterocycles. The molecular formula is C50H30N4. The highest BCUT2D eigenvalue weighted by atomic mass is 15.0. The van der Waals surface area contributed by atoms with Gasteiger partial charge >= 0.3 is 0 Å². The Kier molecular flexibility index (Phi) is 6.82. The van der Waals surface area contributed by atoms with Crippen molar-refractivity contribution >= 4 is 64.9 Å². The first-order valence-corrected chi connectivity index (χ1v) is 18.2. The number of rotatable bonds is 4. The average molecular weight is 687 g/mol. The molecule has 11 rings (SSSR count). The van der Waals surface area contributed by atoms with Crippen molar-refractivity contribution in [1.29, 1.82) is 0 Å². The van der Waals surface area contributed by atoms with Crippen LogP contribution in [0.15, 0.2) is 182 Å². The number of pyridine rings is 1. The van der Waals surface area contributed by atoms with Crippen molar-refractivity contribution in [3.05, 3.63) is 182 Å². The first-order valence-electron chi connectivity index (χ1n) is 18.2. The maximum Gasteiger partial charge on any atom is 0.164 e. The summed E-state index contributed by atoms with van der Waals surface area (Å²) in [5.74, 6) is 1.93. The Labute approximate surface area is 311 Å². The lowest BCUT2D eigenvalue weighted by Crippen LogP contribution is -2.00. The molecule has 0 amide bonds. The van der Waals surface area contributed by atoms with Gasteiger partial charge in [0.05, 0.1) is 11.0 Å². The number of nitrogens with zero attached hydrogens (tertiary/aromatic N) is 4. The highest BCUT2D eigenvalue weighted by Crippen LogP contribution is 2.41. The Morgan fingerprint density at radius 2 is 0.759 bits per heavy atom. The van der Waals surface area contributed by atoms with Gasteiger partial charge in [-0.3, -0.25) is 0 Å². The van der Waals surface area contributed by atoms with E-state index in [0.29, 0.717) is 17.5 Å². The smallest absolute Gasteiger partial charge is 0.164 e. The minimum Gasteiger partial charge on any atom is -0.246 e. The van der Waals surface area contributed by atoms with Gasteiger partial charge in [0.25, 0.3) is 0 Å². The second-order valence-corrected chi connectivity index (χ2v) is 13.8. The second-order valence-electron chi connectivity index (χ2n) is 13.8. The summed E-state index contributed by atoms with van der Waals surface area (Å²) in [6, 6.07) is 64.1. The van der Waals surface area contributed by atoms with Gasteiger partial charge in [-0.25, -0.2) is 19.9 Å². The highest BCUT2D eigenvalue weighted by Gasteiger charge is 2.18. The van der Waals surface area contributed by atoms with Crippen LogP contribution in [0.25, 0.3) is 110 Å². The van der Waals surface area contributed by atoms with Crippen molar-refractivity contribution < 1.29 is 0 Å². The standard InChI is InChI=1S/C50H30N4/c1-2-14-35(15-3-1)48-52-49(54-50(53-48)42-20-10-16-32-11-4-7-17-39(32)42)37-24-22-31-21-23-36(29-38(31)30-37)45-43-27-25-33-12-5-8-18-40(33)46(43)51-47-41-19-9-6-13-34(41)26-28-44(45)47/h1-30H. The summed E-state index contributed by atoms with van der Waals surface area (Å²) < 4.78 is 0. The molecule has 250 valence electrons. The van der Waals surface area contributed by atoms with E-state index in [1.165, 1.54) is 16.3 Å². The summed E-state index contributed by atoms with van der Waals surface area (Å²) in [7, 11) is 0. The monoisotopic (exact) mass is 686 g/mol. The van der Waals surface area contributed by atoms with Crippen molar-refractivity contribution in [3.8, 4) is 45.3 Å². The molecule has 11 aromatic rings. The predicted molar refractivity (Wildman–Crippen MR) is 224 cm³/mol. The van der Waals surface area contributed by atoms with Crippen LogP contribution in [0.3, 0.4) is 0 Å². The average Bonchev–Trinajstić information content (AvgIpc) is 3.25. The number of benzene rings is 9. The summed E-state index contributed by atoms with van der Waals surface area (Å²) in [6.07, 6.45) is 0. The lowest BCUT2D eigenvalue weighted by atomic mass is 9.91. The molecule has 9 aromatic carbocycles. The SMILES string of the molecule is c1ccc(-c2nc(-c3ccc4ccc(-c5c6ccc7ccccc7c6nc6c5ccc5ccccc56)cc4c3)nc(-c3cccc4ccccc34)n2)cc1. The molecule has 0 spiro atoms. The zero-order valence-corrected chi connectivity index (χ0v) is 29.1. The highest BCUT2D eigenvalue weighted by molar-refractivity contribution is 6.21. The zero-order chi connectivity index (χ0) is 35.6. The molecule has 0 bridgehead atoms. The van der Waals surface area contributed by atoms with Crippen LogP contribution in [0.4, 0.5) is 0 Å². The van der Waals surface area contributed by atoms with Crippen LogP contribution in [0.1, 0.15) is 0 Å². The number of hydrogen-bond acceptors (Lipinski definition) is 4. The summed E-state index contributed by atoms with van der Waals surface area (Å²) in [6.45, 7) is 0. The Morgan fingerprint density at radius 3 is 1.44 bits per heavy atom. The third-order valence-electron chi connectivity index (χ3n) is 10.6. The quantitative estimate of drug-likeness (QED) is 0.137. The maximum absolute atomic E-state index is 5.40. The summed E-state index contributed by atoms with van der Waals surface area (Å²) >= 11 is 0. The molecular weight excluding hydrogens is 657 g/mol. The fourth-order valence-corrected chi connectivity index (χ4v) is 8.03. The van der Waals surface area contributed by atoms with Crippen LogP contribution in [0, 0.1) is 0 Å². The molecule has 0 N–H and O–H groups in total. The number of fused-ring (bicyclic) bond motifs is 8. The van der Waals surface area contributed by atoms with Crippen molar-refractivity contribution in [2.45, 2.75) is 0 Å². The van der Waals surface area contributed by atoms with E-state index in [1.807, 2.05) is 18.2 Å². The van der Waals surface area contributed by atoms with Crippen molar-refractivity contribution in [2.24, 2.45) is 0 Å². The van der Waals surface area contributed by atoms with E-state index >= 15 is 0 Å². The van der Waals surface area contributed by atoms with Crippen LogP contribution in [0.2, 0.25) is 0 Å². The molecule has 4 heteroatoms. The summed E-state index contributed by atoms with van der Waals surface area (Å²) in [4.78, 5) is 20.7. The van der Waals surface area contributed by atoms with Gasteiger partial charge in [0.2, 0.25) is 0 Å². The Morgan fingerprint density at radius 1 is 0.259 bits per heavy atom. The van der Waals surface area contributed by atoms with Gasteiger partial charge in [-0.1, -0.05) is 170 Å². The fraction of sp³-hybridized carbons (Fsp3) is 0. The van der Waals surface area contributed by atoms with E-state index in [0.717, 1.165) is 76.4 Å². The van der Waals surface area contributed by atoms with Crippen LogP contribution in [0.5, 0.6) is 0 Å². The Hall–Kier alpha value is -7.30. The lowest BCUT2D eigenvalue weighted by molar-refractivity contribution is 1.08. The molecule has 0 fully saturated rings. The van der Waals surface area contributed by atoms with E-state index in [1.54, 1.807) is 0 Å². The minimum absolute atomic E-state index is 0.636. The topological polar surface area (TPSA) is 51.6 Å². The molecule has 0 saturated heterocycles. The van der Waals surface area contributed by atoms with Gasteiger partial charge in [0, 0.05) is 43.8 Å². The molecule has 0 aliphatic carbocycles. The summed E-state index contributed by atoms with van der Waals surface area (Å²) in [5, 5.41) is 11.5. The minimum atomic E-state index is 0.636. The van der Waals surface area contributed by atoms with Gasteiger partial charge in [-0.05, 0) is 50.0 Å². The first-order chi connectivity index (χ1) is 26.7. The zero-order valence-electron chi connectivity index (χ0n) is 29.1. The van der Waals surface area contributed by atoms with Gasteiger partial charge in [0.15, 0.2) is 17.5 Å². The Balaban J connectivity index is 1.14. The maximum atomic E-state index is 5.40. The van der Waals surface area contributed by atoms with Crippen molar-refractivity contribution in [3.63, 3.8) is 0 Å². The van der Waals surface area contributed by atoms with E-state index in [2.05, 4.69) is 164 Å². The van der Waals surface area contributed by atoms with E-state index < -0.39 is 0 Å². The van der Waals surface area contributed by atoms with Crippen LogP contribution in [-0.2, 0) is 0 Å². The van der Waals surface area contributed by atoms with Gasteiger partial charge in [-0.2, -0.15) is 0 Å². The largest absolute Gasteiger partial charge is 0.246 e. The molecule has 0 saturated carbocycles. The molecule has 4 nitrogen and oxygen atoms in total. The molecule has 2 aromatic heterocycles. The van der Waals surface area contributed by atoms with E-state index in [9.17, 15) is 0 Å². The van der Waals surface area contributed by atoms with Crippen molar-refractivity contribution in [1.82, 2.24) is 19.9 Å². The molecule has 0 radical (unpaired) electrons. The number of aromatic nitrogens is 4. The van der Waals surface area contributed by atoms with Crippen LogP contribution in [-0.4, -0.2) is 19.9 Å². The third kappa shape index (κ3) is 4.92. The van der Waals surface area contributed by atoms with Gasteiger partial charge < -0.3 is 0 Å².